The van der Waals surface area contributed by atoms with Gasteiger partial charge in [0.15, 0.2) is 0 Å². The monoisotopic (exact) mass is 252 g/mol. The van der Waals surface area contributed by atoms with Crippen molar-refractivity contribution in [3.8, 4) is 0 Å². The zero-order valence-corrected chi connectivity index (χ0v) is 11.3. The summed E-state index contributed by atoms with van der Waals surface area (Å²) in [5, 5.41) is 0. The molecule has 0 fully saturated rings. The maximum Gasteiger partial charge on any atom is 0.327 e. The first kappa shape index (κ1) is 12.0. The fraction of sp³-hybridized carbons (Fsp3) is 0.545. The minimum atomic E-state index is -0.201. The van der Waals surface area contributed by atoms with Crippen LogP contribution in [-0.4, -0.2) is 19.1 Å². The second-order valence-corrected chi connectivity index (χ2v) is 4.75. The van der Waals surface area contributed by atoms with Gasteiger partial charge in [-0.1, -0.05) is 26.1 Å². The highest BCUT2D eigenvalue weighted by molar-refractivity contribution is 7.71. The Bertz CT molecular complexity index is 677. The fourth-order valence-electron chi connectivity index (χ4n) is 1.94. The van der Waals surface area contributed by atoms with E-state index in [4.69, 9.17) is 12.2 Å². The minimum Gasteiger partial charge on any atom is -0.314 e. The van der Waals surface area contributed by atoms with Crippen LogP contribution in [0.15, 0.2) is 4.79 Å². The van der Waals surface area contributed by atoms with Crippen LogP contribution in [0.4, 0.5) is 0 Å². The Balaban J connectivity index is 2.97. The summed E-state index contributed by atoms with van der Waals surface area (Å²) in [6.07, 6.45) is 0. The molecule has 1 N–H and O–H groups in total. The lowest BCUT2D eigenvalue weighted by molar-refractivity contribution is 0.661. The molecule has 0 aliphatic carbocycles. The molecule has 2 heterocycles. The molecule has 0 amide bonds. The van der Waals surface area contributed by atoms with E-state index >= 15 is 0 Å². The Kier molecular flexibility index (Phi) is 2.91. The van der Waals surface area contributed by atoms with Gasteiger partial charge in [0.25, 0.3) is 0 Å². The van der Waals surface area contributed by atoms with Gasteiger partial charge < -0.3 is 4.57 Å². The van der Waals surface area contributed by atoms with Crippen LogP contribution in [0.2, 0.25) is 0 Å². The molecule has 0 saturated carbocycles. The molecule has 6 heteroatoms. The molecule has 17 heavy (non-hydrogen) atoms. The average Bonchev–Trinajstić information content (AvgIpc) is 2.64. The number of hydrogen-bond acceptors (Lipinski definition) is 3. The number of nitrogens with one attached hydrogen (secondary N) is 1. The van der Waals surface area contributed by atoms with Crippen molar-refractivity contribution in [1.82, 2.24) is 19.1 Å². The zero-order chi connectivity index (χ0) is 12.7. The largest absolute Gasteiger partial charge is 0.327 e. The van der Waals surface area contributed by atoms with Gasteiger partial charge in [-0.2, -0.15) is 0 Å². The number of aromatic nitrogens is 4. The molecule has 0 radical (unpaired) electrons. The van der Waals surface area contributed by atoms with E-state index in [0.29, 0.717) is 16.1 Å². The number of aryl methyl sites for hydroxylation is 1. The number of aromatic amines is 1. The predicted molar refractivity (Wildman–Crippen MR) is 69.9 cm³/mol. The summed E-state index contributed by atoms with van der Waals surface area (Å²) in [6.45, 7) is 6.95. The highest BCUT2D eigenvalue weighted by Gasteiger charge is 2.15. The Morgan fingerprint density at radius 2 is 2.12 bits per heavy atom. The molecule has 0 saturated heterocycles. The third-order valence-electron chi connectivity index (χ3n) is 2.87. The lowest BCUT2D eigenvalue weighted by Crippen LogP contribution is -2.21. The second-order valence-electron chi connectivity index (χ2n) is 4.36. The van der Waals surface area contributed by atoms with Gasteiger partial charge in [-0.15, -0.1) is 0 Å². The summed E-state index contributed by atoms with van der Waals surface area (Å²) in [7, 11) is 1.65. The van der Waals surface area contributed by atoms with Gasteiger partial charge >= 0.3 is 5.69 Å². The standard InChI is InChI=1S/C11H16N4OS/c1-5-15-8(6(2)3)12-7-9(15)13-11(16)14(4)10(7)17/h6H,5H2,1-4H3,(H,13,16). The van der Waals surface area contributed by atoms with Crippen molar-refractivity contribution < 1.29 is 0 Å². The van der Waals surface area contributed by atoms with Crippen LogP contribution in [0, 0.1) is 4.64 Å². The van der Waals surface area contributed by atoms with Crippen molar-refractivity contribution in [1.29, 1.82) is 0 Å². The SMILES string of the molecule is CCn1c(C(C)C)nc2c(=S)n(C)c(=O)[nH]c21. The fourth-order valence-corrected chi connectivity index (χ4v) is 2.17. The van der Waals surface area contributed by atoms with Gasteiger partial charge in [-0.3, -0.25) is 9.55 Å². The van der Waals surface area contributed by atoms with Crippen LogP contribution < -0.4 is 5.69 Å². The Labute approximate surface area is 104 Å². The number of H-pyrrole nitrogens is 1. The summed E-state index contributed by atoms with van der Waals surface area (Å²) in [4.78, 5) is 19.1. The number of fused-ring (bicyclic) bond motifs is 1. The minimum absolute atomic E-state index is 0.201. The molecule has 0 aliphatic heterocycles. The summed E-state index contributed by atoms with van der Waals surface area (Å²) in [5.41, 5.74) is 1.23. The number of rotatable bonds is 2. The van der Waals surface area contributed by atoms with Crippen molar-refractivity contribution >= 4 is 23.4 Å². The van der Waals surface area contributed by atoms with Crippen molar-refractivity contribution in [2.45, 2.75) is 33.2 Å². The van der Waals surface area contributed by atoms with Crippen molar-refractivity contribution in [2.75, 3.05) is 0 Å². The molecule has 2 aromatic heterocycles. The lowest BCUT2D eigenvalue weighted by Gasteiger charge is -2.07. The quantitative estimate of drug-likeness (QED) is 0.831. The third kappa shape index (κ3) is 1.72. The average molecular weight is 252 g/mol. The molecule has 0 aliphatic rings. The highest BCUT2D eigenvalue weighted by Crippen LogP contribution is 2.19. The first-order valence-corrected chi connectivity index (χ1v) is 6.07. The van der Waals surface area contributed by atoms with Crippen LogP contribution in [-0.2, 0) is 13.6 Å². The van der Waals surface area contributed by atoms with E-state index in [2.05, 4.69) is 23.8 Å². The first-order chi connectivity index (χ1) is 7.97. The number of imidazole rings is 1. The van der Waals surface area contributed by atoms with Gasteiger partial charge in [0, 0.05) is 19.5 Å². The molecular weight excluding hydrogens is 236 g/mol. The Hall–Kier alpha value is -1.43. The van der Waals surface area contributed by atoms with Crippen LogP contribution in [0.25, 0.3) is 11.2 Å². The molecule has 0 aromatic carbocycles. The van der Waals surface area contributed by atoms with E-state index in [0.717, 1.165) is 18.0 Å². The molecule has 92 valence electrons. The van der Waals surface area contributed by atoms with E-state index in [1.54, 1.807) is 7.05 Å². The topological polar surface area (TPSA) is 55.6 Å². The van der Waals surface area contributed by atoms with E-state index < -0.39 is 0 Å². The summed E-state index contributed by atoms with van der Waals surface area (Å²) in [5.74, 6) is 1.25. The summed E-state index contributed by atoms with van der Waals surface area (Å²) in [6, 6.07) is 0. The smallest absolute Gasteiger partial charge is 0.314 e. The molecule has 5 nitrogen and oxygen atoms in total. The van der Waals surface area contributed by atoms with E-state index in [9.17, 15) is 4.79 Å². The van der Waals surface area contributed by atoms with Gasteiger partial charge in [-0.25, -0.2) is 9.78 Å². The first-order valence-electron chi connectivity index (χ1n) is 5.66. The number of nitrogens with zero attached hydrogens (tertiary/aromatic N) is 3. The molecule has 0 unspecified atom stereocenters. The molecule has 2 rings (SSSR count). The van der Waals surface area contributed by atoms with Gasteiger partial charge in [-0.05, 0) is 6.92 Å². The molecule has 0 atom stereocenters. The zero-order valence-electron chi connectivity index (χ0n) is 10.4. The third-order valence-corrected chi connectivity index (χ3v) is 3.33. The van der Waals surface area contributed by atoms with Crippen LogP contribution in [0.3, 0.4) is 0 Å². The molecule has 0 spiro atoms. The van der Waals surface area contributed by atoms with Gasteiger partial charge in [0.2, 0.25) is 0 Å². The maximum atomic E-state index is 11.7. The predicted octanol–water partition coefficient (Wildman–Crippen LogP) is 1.94. The second kappa shape index (κ2) is 4.10. The van der Waals surface area contributed by atoms with Crippen LogP contribution >= 0.6 is 12.2 Å². The Morgan fingerprint density at radius 1 is 1.47 bits per heavy atom. The summed E-state index contributed by atoms with van der Waals surface area (Å²) >= 11 is 5.26. The molecular formula is C11H16N4OS. The summed E-state index contributed by atoms with van der Waals surface area (Å²) < 4.78 is 3.91. The van der Waals surface area contributed by atoms with Gasteiger partial charge in [0.05, 0.1) is 0 Å². The maximum absolute atomic E-state index is 11.7. The van der Waals surface area contributed by atoms with Gasteiger partial charge in [0.1, 0.15) is 21.6 Å². The normalized spacial score (nSPS) is 11.6. The van der Waals surface area contributed by atoms with Crippen molar-refractivity contribution in [2.24, 2.45) is 7.05 Å². The van der Waals surface area contributed by atoms with Crippen molar-refractivity contribution in [3.63, 3.8) is 0 Å². The van der Waals surface area contributed by atoms with Crippen molar-refractivity contribution in [3.05, 3.63) is 20.9 Å². The molecule has 0 bridgehead atoms. The Morgan fingerprint density at radius 3 is 2.65 bits per heavy atom. The number of hydrogen-bond donors (Lipinski definition) is 1. The lowest BCUT2D eigenvalue weighted by atomic mass is 10.2. The van der Waals surface area contributed by atoms with E-state index in [1.165, 1.54) is 4.57 Å². The van der Waals surface area contributed by atoms with Crippen LogP contribution in [0.5, 0.6) is 0 Å². The van der Waals surface area contributed by atoms with E-state index in [-0.39, 0.29) is 5.69 Å². The molecule has 2 aromatic rings. The van der Waals surface area contributed by atoms with E-state index in [1.807, 2.05) is 11.5 Å². The highest BCUT2D eigenvalue weighted by atomic mass is 32.1. The van der Waals surface area contributed by atoms with Crippen LogP contribution in [0.1, 0.15) is 32.5 Å².